The number of aryl methyl sites for hydroxylation is 2. The molecule has 0 atom stereocenters. The van der Waals surface area contributed by atoms with Crippen molar-refractivity contribution in [2.24, 2.45) is 19.5 Å². The molecule has 0 saturated heterocycles. The quantitative estimate of drug-likeness (QED) is 0.810. The van der Waals surface area contributed by atoms with E-state index in [9.17, 15) is 0 Å². The van der Waals surface area contributed by atoms with Gasteiger partial charge in [0, 0.05) is 31.9 Å². The Morgan fingerprint density at radius 3 is 1.67 bits per heavy atom. The second-order valence-electron chi connectivity index (χ2n) is 7.65. The first kappa shape index (κ1) is 17.3. The number of nitrogens with zero attached hydrogens (tertiary/aromatic N) is 6. The van der Waals surface area contributed by atoms with Crippen LogP contribution in [0.15, 0.2) is 12.4 Å². The van der Waals surface area contributed by atoms with E-state index in [-0.39, 0.29) is 5.41 Å². The highest BCUT2D eigenvalue weighted by atomic mass is 15.4. The smallest absolute Gasteiger partial charge is 0.0880 e. The Labute approximate surface area is 127 Å². The summed E-state index contributed by atoms with van der Waals surface area (Å²) in [5.74, 6) is 0. The van der Waals surface area contributed by atoms with Crippen LogP contribution in [0, 0.1) is 5.41 Å². The van der Waals surface area contributed by atoms with E-state index in [0.717, 1.165) is 17.8 Å². The predicted molar refractivity (Wildman–Crippen MR) is 83.9 cm³/mol. The van der Waals surface area contributed by atoms with E-state index in [2.05, 4.69) is 62.2 Å². The number of hydrogen-bond acceptors (Lipinski definition) is 4. The Hall–Kier alpha value is -1.72. The molecular formula is C15H28N6. The zero-order valence-electron chi connectivity index (χ0n) is 14.5. The molecule has 0 aliphatic carbocycles. The fourth-order valence-corrected chi connectivity index (χ4v) is 1.71. The van der Waals surface area contributed by atoms with Crippen molar-refractivity contribution < 1.29 is 0 Å². The zero-order valence-corrected chi connectivity index (χ0v) is 14.5. The van der Waals surface area contributed by atoms with Gasteiger partial charge in [0.05, 0.1) is 11.4 Å². The largest absolute Gasteiger partial charge is 0.255 e. The highest BCUT2D eigenvalue weighted by Crippen LogP contribution is 2.18. The molecule has 2 heterocycles. The van der Waals surface area contributed by atoms with Gasteiger partial charge in [0.1, 0.15) is 0 Å². The summed E-state index contributed by atoms with van der Waals surface area (Å²) in [4.78, 5) is 0. The van der Waals surface area contributed by atoms with Gasteiger partial charge in [-0.2, -0.15) is 0 Å². The minimum absolute atomic E-state index is 0.119. The molecule has 0 aromatic carbocycles. The van der Waals surface area contributed by atoms with Gasteiger partial charge in [0.15, 0.2) is 0 Å². The fraction of sp³-hybridized carbons (Fsp3) is 0.733. The van der Waals surface area contributed by atoms with Crippen LogP contribution in [0.3, 0.4) is 0 Å². The lowest BCUT2D eigenvalue weighted by atomic mass is 9.91. The Morgan fingerprint density at radius 2 is 1.38 bits per heavy atom. The molecule has 0 spiro atoms. The molecule has 2 aromatic heterocycles. The van der Waals surface area contributed by atoms with Gasteiger partial charge in [0.25, 0.3) is 0 Å². The first-order valence-corrected chi connectivity index (χ1v) is 7.19. The van der Waals surface area contributed by atoms with Crippen molar-refractivity contribution >= 4 is 0 Å². The lowest BCUT2D eigenvalue weighted by Gasteiger charge is -2.14. The van der Waals surface area contributed by atoms with E-state index in [1.54, 1.807) is 9.36 Å². The molecule has 0 bridgehead atoms. The molecule has 0 fully saturated rings. The summed E-state index contributed by atoms with van der Waals surface area (Å²) in [6.07, 6.45) is 4.89. The third-order valence-electron chi connectivity index (χ3n) is 2.73. The van der Waals surface area contributed by atoms with Crippen LogP contribution in [0.5, 0.6) is 0 Å². The van der Waals surface area contributed by atoms with Crippen molar-refractivity contribution in [1.82, 2.24) is 30.0 Å². The second-order valence-corrected chi connectivity index (χ2v) is 7.65. The van der Waals surface area contributed by atoms with Gasteiger partial charge in [0.2, 0.25) is 0 Å². The molecule has 0 radical (unpaired) electrons. The summed E-state index contributed by atoms with van der Waals surface area (Å²) in [6, 6.07) is 0. The van der Waals surface area contributed by atoms with Gasteiger partial charge < -0.3 is 0 Å². The average molecular weight is 292 g/mol. The molecular weight excluding hydrogens is 264 g/mol. The Bertz CT molecular complexity index is 553. The van der Waals surface area contributed by atoms with Crippen LogP contribution in [0.1, 0.15) is 52.9 Å². The molecule has 21 heavy (non-hydrogen) atoms. The maximum Gasteiger partial charge on any atom is 0.0880 e. The average Bonchev–Trinajstić information content (AvgIpc) is 2.85. The molecule has 0 amide bonds. The van der Waals surface area contributed by atoms with E-state index < -0.39 is 0 Å². The van der Waals surface area contributed by atoms with Crippen LogP contribution in [0.2, 0.25) is 0 Å². The maximum atomic E-state index is 4.01. The van der Waals surface area contributed by atoms with E-state index in [0.29, 0.717) is 5.41 Å². The van der Waals surface area contributed by atoms with E-state index in [1.165, 1.54) is 0 Å². The van der Waals surface area contributed by atoms with E-state index >= 15 is 0 Å². The van der Waals surface area contributed by atoms with E-state index in [1.807, 2.05) is 26.5 Å². The van der Waals surface area contributed by atoms with Crippen molar-refractivity contribution in [1.29, 1.82) is 0 Å². The van der Waals surface area contributed by atoms with Crippen molar-refractivity contribution in [2.75, 3.05) is 0 Å². The van der Waals surface area contributed by atoms with Crippen LogP contribution in [-0.2, 0) is 25.9 Å². The number of hydrogen-bond donors (Lipinski definition) is 0. The lowest BCUT2D eigenvalue weighted by Crippen LogP contribution is -2.11. The van der Waals surface area contributed by atoms with Crippen LogP contribution < -0.4 is 0 Å². The SMILES string of the molecule is Cn1cc(C(C)(C)C)nn1.Cn1cc(CC(C)(C)C)nn1. The molecule has 0 saturated carbocycles. The molecule has 0 aliphatic heterocycles. The van der Waals surface area contributed by atoms with Gasteiger partial charge in [-0.15, -0.1) is 10.2 Å². The molecule has 6 heteroatoms. The van der Waals surface area contributed by atoms with Gasteiger partial charge in [-0.1, -0.05) is 52.0 Å². The first-order chi connectivity index (χ1) is 9.47. The highest BCUT2D eigenvalue weighted by Gasteiger charge is 2.16. The third-order valence-corrected chi connectivity index (χ3v) is 2.73. The Kier molecular flexibility index (Phi) is 5.25. The van der Waals surface area contributed by atoms with Gasteiger partial charge >= 0.3 is 0 Å². The van der Waals surface area contributed by atoms with Crippen LogP contribution in [-0.4, -0.2) is 30.0 Å². The normalized spacial score (nSPS) is 12.0. The lowest BCUT2D eigenvalue weighted by molar-refractivity contribution is 0.406. The van der Waals surface area contributed by atoms with Gasteiger partial charge in [-0.05, 0) is 11.8 Å². The Morgan fingerprint density at radius 1 is 0.857 bits per heavy atom. The van der Waals surface area contributed by atoms with Gasteiger partial charge in [-0.25, -0.2) is 0 Å². The standard InChI is InChI=1S/C8H15N3.C7H13N3/c1-8(2,3)5-7-6-11(4)10-9-7;1-7(2,3)6-5-10(4)9-8-6/h6H,5H2,1-4H3;5H,1-4H3. The van der Waals surface area contributed by atoms with Crippen LogP contribution >= 0.6 is 0 Å². The fourth-order valence-electron chi connectivity index (χ4n) is 1.71. The number of aromatic nitrogens is 6. The monoisotopic (exact) mass is 292 g/mol. The highest BCUT2D eigenvalue weighted by molar-refractivity contribution is 5.05. The van der Waals surface area contributed by atoms with Crippen molar-refractivity contribution in [3.05, 3.63) is 23.8 Å². The maximum absolute atomic E-state index is 4.01. The molecule has 6 nitrogen and oxygen atoms in total. The first-order valence-electron chi connectivity index (χ1n) is 7.19. The molecule has 118 valence electrons. The minimum atomic E-state index is 0.119. The summed E-state index contributed by atoms with van der Waals surface area (Å²) < 4.78 is 3.46. The topological polar surface area (TPSA) is 61.4 Å². The molecule has 0 N–H and O–H groups in total. The summed E-state index contributed by atoms with van der Waals surface area (Å²) in [5.41, 5.74) is 2.53. The summed E-state index contributed by atoms with van der Waals surface area (Å²) in [7, 11) is 3.77. The summed E-state index contributed by atoms with van der Waals surface area (Å²) in [5, 5.41) is 15.7. The van der Waals surface area contributed by atoms with Crippen LogP contribution in [0.25, 0.3) is 0 Å². The van der Waals surface area contributed by atoms with E-state index in [4.69, 9.17) is 0 Å². The number of rotatable bonds is 1. The summed E-state index contributed by atoms with van der Waals surface area (Å²) >= 11 is 0. The molecule has 0 aliphatic rings. The molecule has 2 rings (SSSR count). The second kappa shape index (κ2) is 6.37. The van der Waals surface area contributed by atoms with Crippen molar-refractivity contribution in [3.63, 3.8) is 0 Å². The molecule has 2 aromatic rings. The summed E-state index contributed by atoms with van der Waals surface area (Å²) in [6.45, 7) is 13.0. The molecule has 0 unspecified atom stereocenters. The minimum Gasteiger partial charge on any atom is -0.255 e. The zero-order chi connectivity index (χ0) is 16.3. The third kappa shape index (κ3) is 6.51. The van der Waals surface area contributed by atoms with Gasteiger partial charge in [-0.3, -0.25) is 9.36 Å². The predicted octanol–water partition coefficient (Wildman–Crippen LogP) is 2.52. The van der Waals surface area contributed by atoms with Crippen molar-refractivity contribution in [3.8, 4) is 0 Å². The van der Waals surface area contributed by atoms with Crippen LogP contribution in [0.4, 0.5) is 0 Å². The Balaban J connectivity index is 0.000000211. The van der Waals surface area contributed by atoms with Crippen molar-refractivity contribution in [2.45, 2.75) is 53.4 Å².